The third kappa shape index (κ3) is 3.18. The van der Waals surface area contributed by atoms with Crippen LogP contribution in [-0.4, -0.2) is 30.5 Å². The van der Waals surface area contributed by atoms with Crippen LogP contribution in [0.15, 0.2) is 67.0 Å². The van der Waals surface area contributed by atoms with Crippen LogP contribution in [0, 0.1) is 10.1 Å². The maximum absolute atomic E-state index is 11.0. The summed E-state index contributed by atoms with van der Waals surface area (Å²) in [5.74, 6) is 0.599. The van der Waals surface area contributed by atoms with Crippen molar-refractivity contribution in [1.82, 2.24) is 20.0 Å². The lowest BCUT2D eigenvalue weighted by Gasteiger charge is -2.31. The zero-order valence-corrected chi connectivity index (χ0v) is 16.1. The number of fused-ring (bicyclic) bond motifs is 2. The van der Waals surface area contributed by atoms with Gasteiger partial charge in [0.2, 0.25) is 0 Å². The van der Waals surface area contributed by atoms with Gasteiger partial charge in [-0.15, -0.1) is 5.10 Å². The number of rotatable bonds is 4. The average molecular weight is 399 g/mol. The summed E-state index contributed by atoms with van der Waals surface area (Å²) in [6, 6.07) is 14.6. The lowest BCUT2D eigenvalue weighted by Crippen LogP contribution is -2.37. The van der Waals surface area contributed by atoms with Crippen LogP contribution in [0.25, 0.3) is 28.2 Å². The molecule has 0 saturated carbocycles. The first-order chi connectivity index (χ1) is 14.5. The van der Waals surface area contributed by atoms with Crippen molar-refractivity contribution < 1.29 is 9.66 Å². The van der Waals surface area contributed by atoms with E-state index in [0.717, 1.165) is 16.5 Å². The summed E-state index contributed by atoms with van der Waals surface area (Å²) in [6.07, 6.45) is 7.34. The fourth-order valence-corrected chi connectivity index (χ4v) is 3.64. The van der Waals surface area contributed by atoms with E-state index in [1.165, 1.54) is 12.1 Å². The summed E-state index contributed by atoms with van der Waals surface area (Å²) in [5.41, 5.74) is 1.52. The van der Waals surface area contributed by atoms with Gasteiger partial charge in [-0.05, 0) is 30.5 Å². The molecule has 2 aromatic heterocycles. The third-order valence-electron chi connectivity index (χ3n) is 5.09. The van der Waals surface area contributed by atoms with Crippen LogP contribution in [0.2, 0.25) is 0 Å². The monoisotopic (exact) mass is 399 g/mol. The van der Waals surface area contributed by atoms with E-state index >= 15 is 0 Å². The summed E-state index contributed by atoms with van der Waals surface area (Å²) in [4.78, 5) is 15.0. The molecule has 5 rings (SSSR count). The van der Waals surface area contributed by atoms with Crippen molar-refractivity contribution in [3.05, 3.63) is 82.7 Å². The molecule has 1 aliphatic heterocycles. The molecule has 1 atom stereocenters. The fourth-order valence-electron chi connectivity index (χ4n) is 3.64. The van der Waals surface area contributed by atoms with Gasteiger partial charge in [0.25, 0.3) is 5.69 Å². The predicted octanol–water partition coefficient (Wildman–Crippen LogP) is 4.27. The van der Waals surface area contributed by atoms with E-state index in [1.54, 1.807) is 16.9 Å². The molecule has 0 radical (unpaired) electrons. The van der Waals surface area contributed by atoms with Crippen molar-refractivity contribution in [2.75, 3.05) is 0 Å². The van der Waals surface area contributed by atoms with Crippen molar-refractivity contribution in [2.24, 2.45) is 0 Å². The summed E-state index contributed by atoms with van der Waals surface area (Å²) in [5, 5.41) is 21.6. The molecular weight excluding hydrogens is 382 g/mol. The standard InChI is InChI=1S/C22H17N5O3/c1-22(10-8-16-12-17(27(28)29)6-7-20(16)30-22)14-26-13-19(24-25-26)21-18-5-3-2-4-15(18)9-11-23-21/h2-13H,14H2,1H3. The fraction of sp³-hybridized carbons (Fsp3) is 0.136. The van der Waals surface area contributed by atoms with Crippen molar-refractivity contribution in [1.29, 1.82) is 0 Å². The molecule has 4 aromatic rings. The van der Waals surface area contributed by atoms with E-state index < -0.39 is 10.5 Å². The summed E-state index contributed by atoms with van der Waals surface area (Å²) < 4.78 is 7.85. The van der Waals surface area contributed by atoms with E-state index in [0.29, 0.717) is 23.6 Å². The number of benzene rings is 2. The van der Waals surface area contributed by atoms with Crippen LogP contribution in [0.4, 0.5) is 5.69 Å². The van der Waals surface area contributed by atoms with Gasteiger partial charge in [0.05, 0.1) is 23.4 Å². The molecule has 8 heteroatoms. The van der Waals surface area contributed by atoms with Gasteiger partial charge in [-0.1, -0.05) is 35.6 Å². The number of nitrogens with zero attached hydrogens (tertiary/aromatic N) is 5. The van der Waals surface area contributed by atoms with Crippen molar-refractivity contribution in [2.45, 2.75) is 19.1 Å². The molecule has 3 heterocycles. The molecule has 1 unspecified atom stereocenters. The van der Waals surface area contributed by atoms with Gasteiger partial charge in [0.1, 0.15) is 17.0 Å². The number of hydrogen-bond donors (Lipinski definition) is 0. The number of aromatic nitrogens is 4. The van der Waals surface area contributed by atoms with Gasteiger partial charge in [-0.2, -0.15) is 0 Å². The number of nitro benzene ring substituents is 1. The first-order valence-corrected chi connectivity index (χ1v) is 9.42. The number of pyridine rings is 1. The molecule has 30 heavy (non-hydrogen) atoms. The average Bonchev–Trinajstić information content (AvgIpc) is 3.20. The van der Waals surface area contributed by atoms with Crippen LogP contribution in [0.1, 0.15) is 12.5 Å². The van der Waals surface area contributed by atoms with E-state index in [2.05, 4.69) is 15.3 Å². The second kappa shape index (κ2) is 6.77. The van der Waals surface area contributed by atoms with Gasteiger partial charge in [0, 0.05) is 29.3 Å². The number of non-ortho nitro benzene ring substituents is 1. The van der Waals surface area contributed by atoms with Crippen molar-refractivity contribution >= 4 is 22.5 Å². The van der Waals surface area contributed by atoms with E-state index in [-0.39, 0.29) is 5.69 Å². The second-order valence-corrected chi connectivity index (χ2v) is 7.41. The molecular formula is C22H17N5O3. The lowest BCUT2D eigenvalue weighted by atomic mass is 10.00. The Bertz CT molecular complexity index is 1310. The molecule has 1 aliphatic rings. The van der Waals surface area contributed by atoms with E-state index in [9.17, 15) is 10.1 Å². The molecule has 0 fully saturated rings. The van der Waals surface area contributed by atoms with Crippen LogP contribution in [0.5, 0.6) is 5.75 Å². The molecule has 0 saturated heterocycles. The van der Waals surface area contributed by atoms with Gasteiger partial charge < -0.3 is 4.74 Å². The molecule has 8 nitrogen and oxygen atoms in total. The Morgan fingerprint density at radius 2 is 2.07 bits per heavy atom. The summed E-state index contributed by atoms with van der Waals surface area (Å²) >= 11 is 0. The van der Waals surface area contributed by atoms with Crippen molar-refractivity contribution in [3.63, 3.8) is 0 Å². The Balaban J connectivity index is 1.41. The zero-order valence-electron chi connectivity index (χ0n) is 16.1. The van der Waals surface area contributed by atoms with Gasteiger partial charge in [0.15, 0.2) is 0 Å². The van der Waals surface area contributed by atoms with Gasteiger partial charge in [-0.25, -0.2) is 4.68 Å². The highest BCUT2D eigenvalue weighted by atomic mass is 16.6. The third-order valence-corrected chi connectivity index (χ3v) is 5.09. The highest BCUT2D eigenvalue weighted by Gasteiger charge is 2.29. The number of hydrogen-bond acceptors (Lipinski definition) is 6. The van der Waals surface area contributed by atoms with Crippen LogP contribution in [0.3, 0.4) is 0 Å². The zero-order chi connectivity index (χ0) is 20.7. The number of ether oxygens (including phenoxy) is 1. The summed E-state index contributed by atoms with van der Waals surface area (Å²) in [7, 11) is 0. The Morgan fingerprint density at radius 1 is 1.20 bits per heavy atom. The molecule has 0 aliphatic carbocycles. The molecule has 148 valence electrons. The SMILES string of the molecule is CC1(Cn2cc(-c3nccc4ccccc34)nn2)C=Cc2cc([N+](=O)[O-])ccc2O1. The highest BCUT2D eigenvalue weighted by molar-refractivity contribution is 5.93. The molecule has 2 aromatic carbocycles. The van der Waals surface area contributed by atoms with Crippen molar-refractivity contribution in [3.8, 4) is 17.1 Å². The predicted molar refractivity (Wildman–Crippen MR) is 112 cm³/mol. The minimum absolute atomic E-state index is 0.0362. The first-order valence-electron chi connectivity index (χ1n) is 9.42. The van der Waals surface area contributed by atoms with Crippen LogP contribution >= 0.6 is 0 Å². The maximum atomic E-state index is 11.0. The maximum Gasteiger partial charge on any atom is 0.270 e. The Morgan fingerprint density at radius 3 is 2.93 bits per heavy atom. The highest BCUT2D eigenvalue weighted by Crippen LogP contribution is 2.34. The topological polar surface area (TPSA) is 96.0 Å². The van der Waals surface area contributed by atoms with Crippen LogP contribution < -0.4 is 4.74 Å². The van der Waals surface area contributed by atoms with E-state index in [4.69, 9.17) is 4.74 Å². The smallest absolute Gasteiger partial charge is 0.270 e. The second-order valence-electron chi connectivity index (χ2n) is 7.41. The largest absolute Gasteiger partial charge is 0.481 e. The Kier molecular flexibility index (Phi) is 4.06. The van der Waals surface area contributed by atoms with Gasteiger partial charge >= 0.3 is 0 Å². The Labute approximate surface area is 171 Å². The lowest BCUT2D eigenvalue weighted by molar-refractivity contribution is -0.384. The van der Waals surface area contributed by atoms with Gasteiger partial charge in [-0.3, -0.25) is 15.1 Å². The normalized spacial score (nSPS) is 17.5. The van der Waals surface area contributed by atoms with Crippen LogP contribution in [-0.2, 0) is 6.54 Å². The quantitative estimate of drug-likeness (QED) is 0.376. The molecule has 0 N–H and O–H groups in total. The molecule has 0 bridgehead atoms. The first kappa shape index (κ1) is 18.0. The van der Waals surface area contributed by atoms with E-state index in [1.807, 2.05) is 55.6 Å². The Hall–Kier alpha value is -4.07. The summed E-state index contributed by atoms with van der Waals surface area (Å²) in [6.45, 7) is 2.36. The molecule has 0 amide bonds. The molecule has 0 spiro atoms. The minimum atomic E-state index is -0.666. The minimum Gasteiger partial charge on any atom is -0.481 e. The number of nitro groups is 1.